The topological polar surface area (TPSA) is 52.6 Å². The van der Waals surface area contributed by atoms with E-state index in [0.717, 1.165) is 11.1 Å². The third kappa shape index (κ3) is 1.25. The number of hydrogen-bond acceptors (Lipinski definition) is 4. The van der Waals surface area contributed by atoms with Crippen LogP contribution in [0.15, 0.2) is 12.1 Å². The van der Waals surface area contributed by atoms with E-state index in [0.29, 0.717) is 11.5 Å². The van der Waals surface area contributed by atoms with Gasteiger partial charge in [0.1, 0.15) is 0 Å². The molecule has 0 N–H and O–H groups in total. The van der Waals surface area contributed by atoms with Crippen molar-refractivity contribution < 1.29 is 16.8 Å². The highest BCUT2D eigenvalue weighted by Crippen LogP contribution is 2.40. The summed E-state index contributed by atoms with van der Waals surface area (Å²) in [6.45, 7) is 3.53. The standard InChI is InChI=1S/C8H8O4S/c1-5-3-4-6(2)8-7(5)11-13(9,10)12-8/h3-4H,1-2H3. The van der Waals surface area contributed by atoms with Crippen LogP contribution in [0.25, 0.3) is 0 Å². The fourth-order valence-corrected chi connectivity index (χ4v) is 2.04. The molecular formula is C8H8O4S. The number of benzene rings is 1. The van der Waals surface area contributed by atoms with Crippen molar-refractivity contribution in [2.75, 3.05) is 0 Å². The average Bonchev–Trinajstić information content (AvgIpc) is 2.35. The maximum Gasteiger partial charge on any atom is 0.501 e. The van der Waals surface area contributed by atoms with Crippen molar-refractivity contribution in [1.29, 1.82) is 0 Å². The van der Waals surface area contributed by atoms with Gasteiger partial charge in [-0.15, -0.1) is 8.42 Å². The highest BCUT2D eigenvalue weighted by Gasteiger charge is 2.31. The van der Waals surface area contributed by atoms with E-state index in [1.807, 2.05) is 0 Å². The van der Waals surface area contributed by atoms with E-state index in [-0.39, 0.29) is 0 Å². The van der Waals surface area contributed by atoms with Crippen LogP contribution in [0, 0.1) is 13.8 Å². The lowest BCUT2D eigenvalue weighted by Crippen LogP contribution is -2.08. The van der Waals surface area contributed by atoms with Crippen molar-refractivity contribution in [3.05, 3.63) is 23.3 Å². The van der Waals surface area contributed by atoms with E-state index >= 15 is 0 Å². The van der Waals surface area contributed by atoms with E-state index in [2.05, 4.69) is 8.37 Å². The zero-order chi connectivity index (χ0) is 9.64. The molecule has 1 aliphatic heterocycles. The van der Waals surface area contributed by atoms with Crippen LogP contribution in [-0.2, 0) is 10.4 Å². The van der Waals surface area contributed by atoms with E-state index in [1.165, 1.54) is 0 Å². The van der Waals surface area contributed by atoms with Crippen molar-refractivity contribution in [3.8, 4) is 11.5 Å². The monoisotopic (exact) mass is 200 g/mol. The predicted octanol–water partition coefficient (Wildman–Crippen LogP) is 1.32. The van der Waals surface area contributed by atoms with Crippen LogP contribution in [0.4, 0.5) is 0 Å². The summed E-state index contributed by atoms with van der Waals surface area (Å²) >= 11 is 0. The molecule has 5 heteroatoms. The Balaban J connectivity index is 2.69. The molecule has 0 saturated carbocycles. The lowest BCUT2D eigenvalue weighted by molar-refractivity contribution is 0.435. The fourth-order valence-electron chi connectivity index (χ4n) is 1.19. The van der Waals surface area contributed by atoms with Crippen molar-refractivity contribution in [2.24, 2.45) is 0 Å². The Morgan fingerprint density at radius 3 is 1.77 bits per heavy atom. The summed E-state index contributed by atoms with van der Waals surface area (Å²) in [7, 11) is -3.85. The molecule has 0 amide bonds. The van der Waals surface area contributed by atoms with Crippen LogP contribution >= 0.6 is 0 Å². The Labute approximate surface area is 76.4 Å². The van der Waals surface area contributed by atoms with E-state index in [4.69, 9.17) is 0 Å². The SMILES string of the molecule is Cc1ccc(C)c2c1OS(=O)(=O)O2. The number of rotatable bonds is 0. The molecule has 0 fully saturated rings. The summed E-state index contributed by atoms with van der Waals surface area (Å²) in [5.41, 5.74) is 1.50. The number of aryl methyl sites for hydroxylation is 2. The van der Waals surface area contributed by atoms with Crippen LogP contribution in [0.1, 0.15) is 11.1 Å². The molecule has 1 aromatic carbocycles. The summed E-state index contributed by atoms with van der Waals surface area (Å²) in [5.74, 6) is 0.611. The Morgan fingerprint density at radius 1 is 1.00 bits per heavy atom. The van der Waals surface area contributed by atoms with Gasteiger partial charge < -0.3 is 8.37 Å². The zero-order valence-corrected chi connectivity index (χ0v) is 8.01. The van der Waals surface area contributed by atoms with Crippen LogP contribution in [0.3, 0.4) is 0 Å². The number of fused-ring (bicyclic) bond motifs is 1. The van der Waals surface area contributed by atoms with Crippen molar-refractivity contribution in [2.45, 2.75) is 13.8 Å². The first-order chi connectivity index (χ1) is 5.99. The van der Waals surface area contributed by atoms with Crippen LogP contribution in [-0.4, -0.2) is 8.42 Å². The second-order valence-electron chi connectivity index (χ2n) is 2.93. The van der Waals surface area contributed by atoms with E-state index in [9.17, 15) is 8.42 Å². The molecule has 0 atom stereocenters. The van der Waals surface area contributed by atoms with Crippen LogP contribution in [0.5, 0.6) is 11.5 Å². The van der Waals surface area contributed by atoms with Gasteiger partial charge in [0.25, 0.3) is 0 Å². The maximum absolute atomic E-state index is 10.9. The van der Waals surface area contributed by atoms with Crippen LogP contribution < -0.4 is 8.37 Å². The minimum atomic E-state index is -3.85. The first-order valence-electron chi connectivity index (χ1n) is 3.74. The Bertz CT molecular complexity index is 424. The molecule has 0 spiro atoms. The van der Waals surface area contributed by atoms with Crippen molar-refractivity contribution in [1.82, 2.24) is 0 Å². The minimum absolute atomic E-state index is 0.306. The summed E-state index contributed by atoms with van der Waals surface area (Å²) in [6.07, 6.45) is 0. The van der Waals surface area contributed by atoms with Gasteiger partial charge in [-0.1, -0.05) is 12.1 Å². The maximum atomic E-state index is 10.9. The molecule has 0 aliphatic carbocycles. The quantitative estimate of drug-likeness (QED) is 0.633. The van der Waals surface area contributed by atoms with Gasteiger partial charge in [0.2, 0.25) is 0 Å². The molecular weight excluding hydrogens is 192 g/mol. The Kier molecular flexibility index (Phi) is 1.53. The summed E-state index contributed by atoms with van der Waals surface area (Å²) in [5, 5.41) is 0. The molecule has 13 heavy (non-hydrogen) atoms. The van der Waals surface area contributed by atoms with Gasteiger partial charge in [-0.05, 0) is 25.0 Å². The molecule has 0 bridgehead atoms. The third-order valence-corrected chi connectivity index (χ3v) is 2.62. The first-order valence-corrected chi connectivity index (χ1v) is 5.07. The molecule has 0 saturated heterocycles. The van der Waals surface area contributed by atoms with Gasteiger partial charge in [0, 0.05) is 0 Å². The molecule has 0 radical (unpaired) electrons. The molecule has 1 heterocycles. The molecule has 0 unspecified atom stereocenters. The smallest absolute Gasteiger partial charge is 0.348 e. The van der Waals surface area contributed by atoms with Gasteiger partial charge in [-0.3, -0.25) is 0 Å². The Morgan fingerprint density at radius 2 is 1.38 bits per heavy atom. The predicted molar refractivity (Wildman–Crippen MR) is 46.1 cm³/mol. The highest BCUT2D eigenvalue weighted by molar-refractivity contribution is 7.82. The molecule has 1 aliphatic rings. The molecule has 70 valence electrons. The summed E-state index contributed by atoms with van der Waals surface area (Å²) < 4.78 is 31.2. The van der Waals surface area contributed by atoms with Gasteiger partial charge in [0.15, 0.2) is 11.5 Å². The zero-order valence-electron chi connectivity index (χ0n) is 7.20. The van der Waals surface area contributed by atoms with Crippen molar-refractivity contribution in [3.63, 3.8) is 0 Å². The summed E-state index contributed by atoms with van der Waals surface area (Å²) in [6, 6.07) is 3.58. The van der Waals surface area contributed by atoms with Gasteiger partial charge in [0.05, 0.1) is 0 Å². The van der Waals surface area contributed by atoms with E-state index < -0.39 is 10.4 Å². The molecule has 1 aromatic rings. The van der Waals surface area contributed by atoms with Gasteiger partial charge >= 0.3 is 10.4 Å². The average molecular weight is 200 g/mol. The fraction of sp³-hybridized carbons (Fsp3) is 0.250. The number of hydrogen-bond donors (Lipinski definition) is 0. The van der Waals surface area contributed by atoms with Gasteiger partial charge in [-0.2, -0.15) is 0 Å². The Hall–Kier alpha value is -1.23. The highest BCUT2D eigenvalue weighted by atomic mass is 32.3. The van der Waals surface area contributed by atoms with Gasteiger partial charge in [-0.25, -0.2) is 0 Å². The molecule has 0 aromatic heterocycles. The lowest BCUT2D eigenvalue weighted by Gasteiger charge is -1.99. The normalized spacial score (nSPS) is 17.4. The van der Waals surface area contributed by atoms with Crippen molar-refractivity contribution >= 4 is 10.4 Å². The van der Waals surface area contributed by atoms with E-state index in [1.54, 1.807) is 26.0 Å². The minimum Gasteiger partial charge on any atom is -0.348 e. The first kappa shape index (κ1) is 8.37. The lowest BCUT2D eigenvalue weighted by atomic mass is 10.1. The summed E-state index contributed by atoms with van der Waals surface area (Å²) in [4.78, 5) is 0. The molecule has 4 nitrogen and oxygen atoms in total. The molecule has 2 rings (SSSR count). The second-order valence-corrected chi connectivity index (χ2v) is 4.08. The largest absolute Gasteiger partial charge is 0.501 e. The third-order valence-electron chi connectivity index (χ3n) is 1.88. The van der Waals surface area contributed by atoms with Crippen LogP contribution in [0.2, 0.25) is 0 Å². The second kappa shape index (κ2) is 2.38.